The molecule has 10 heteroatoms. The standard InChI is InChI=1S/C25H17Br2FN2O4S/c26-17-9-10-21(34-14-15-5-1-3-7-19(15)28)16(11-17)12-22-24(32)30(25(33)35-22)13-23(31)29-20-8-4-2-6-18(20)27/h1-12H,13-14H2,(H,29,31)/b22-12-. The number of ether oxygens (including phenoxy) is 1. The Morgan fingerprint density at radius 2 is 1.80 bits per heavy atom. The Morgan fingerprint density at radius 3 is 2.57 bits per heavy atom. The highest BCUT2D eigenvalue weighted by molar-refractivity contribution is 9.10. The van der Waals surface area contributed by atoms with Crippen molar-refractivity contribution in [3.05, 3.63) is 97.5 Å². The first-order chi connectivity index (χ1) is 16.8. The van der Waals surface area contributed by atoms with Crippen LogP contribution in [0.2, 0.25) is 0 Å². The van der Waals surface area contributed by atoms with Crippen LogP contribution < -0.4 is 10.1 Å². The number of imide groups is 1. The molecule has 0 atom stereocenters. The van der Waals surface area contributed by atoms with Gasteiger partial charge in [-0.25, -0.2) is 4.39 Å². The van der Waals surface area contributed by atoms with Crippen LogP contribution in [0.15, 0.2) is 80.6 Å². The van der Waals surface area contributed by atoms with Crippen molar-refractivity contribution in [1.82, 2.24) is 4.90 Å². The van der Waals surface area contributed by atoms with E-state index in [4.69, 9.17) is 4.74 Å². The van der Waals surface area contributed by atoms with Gasteiger partial charge in [-0.05, 0) is 70.2 Å². The van der Waals surface area contributed by atoms with Crippen molar-refractivity contribution in [3.63, 3.8) is 0 Å². The summed E-state index contributed by atoms with van der Waals surface area (Å²) in [7, 11) is 0. The van der Waals surface area contributed by atoms with E-state index in [0.29, 0.717) is 27.0 Å². The predicted octanol–water partition coefficient (Wildman–Crippen LogP) is 6.60. The number of nitrogens with zero attached hydrogens (tertiary/aromatic N) is 1. The first kappa shape index (κ1) is 25.2. The van der Waals surface area contributed by atoms with Crippen LogP contribution in [0.1, 0.15) is 11.1 Å². The second-order valence-electron chi connectivity index (χ2n) is 7.36. The molecule has 35 heavy (non-hydrogen) atoms. The van der Waals surface area contributed by atoms with Gasteiger partial charge in [-0.15, -0.1) is 0 Å². The molecule has 3 aromatic rings. The average molecular weight is 620 g/mol. The fourth-order valence-corrected chi connectivity index (χ4v) is 4.80. The average Bonchev–Trinajstić information content (AvgIpc) is 3.08. The van der Waals surface area contributed by atoms with Gasteiger partial charge in [0.25, 0.3) is 11.1 Å². The molecule has 1 aliphatic rings. The number of carbonyl (C=O) groups is 3. The SMILES string of the molecule is O=C(CN1C(=O)S/C(=C\c2cc(Br)ccc2OCc2ccccc2F)C1=O)Nc1ccccc1Br. The molecule has 4 rings (SSSR count). The fraction of sp³-hybridized carbons (Fsp3) is 0.0800. The van der Waals surface area contributed by atoms with E-state index in [1.807, 2.05) is 0 Å². The molecule has 3 aromatic carbocycles. The molecule has 178 valence electrons. The van der Waals surface area contributed by atoms with Crippen molar-refractivity contribution in [2.45, 2.75) is 6.61 Å². The van der Waals surface area contributed by atoms with Crippen LogP contribution in [0.25, 0.3) is 6.08 Å². The first-order valence-corrected chi connectivity index (χ1v) is 12.7. The van der Waals surface area contributed by atoms with Gasteiger partial charge in [-0.3, -0.25) is 19.3 Å². The van der Waals surface area contributed by atoms with Crippen molar-refractivity contribution in [3.8, 4) is 5.75 Å². The minimum atomic E-state index is -0.581. The van der Waals surface area contributed by atoms with Gasteiger partial charge in [0.15, 0.2) is 0 Å². The number of nitrogens with one attached hydrogen (secondary N) is 1. The van der Waals surface area contributed by atoms with Crippen LogP contribution in [0.4, 0.5) is 14.9 Å². The highest BCUT2D eigenvalue weighted by Crippen LogP contribution is 2.35. The first-order valence-electron chi connectivity index (χ1n) is 10.3. The van der Waals surface area contributed by atoms with E-state index in [0.717, 1.165) is 21.1 Å². The van der Waals surface area contributed by atoms with Gasteiger partial charge in [-0.2, -0.15) is 0 Å². The Hall–Kier alpha value is -2.95. The Morgan fingerprint density at radius 1 is 1.06 bits per heavy atom. The number of thioether (sulfide) groups is 1. The van der Waals surface area contributed by atoms with Gasteiger partial charge in [0.1, 0.15) is 24.7 Å². The van der Waals surface area contributed by atoms with Crippen LogP contribution in [0.5, 0.6) is 5.75 Å². The van der Waals surface area contributed by atoms with Crippen molar-refractivity contribution in [2.75, 3.05) is 11.9 Å². The van der Waals surface area contributed by atoms with Crippen LogP contribution >= 0.6 is 43.6 Å². The molecule has 0 radical (unpaired) electrons. The minimum absolute atomic E-state index is 0.00809. The van der Waals surface area contributed by atoms with E-state index in [1.165, 1.54) is 12.1 Å². The second-order valence-corrected chi connectivity index (χ2v) is 10.1. The highest BCUT2D eigenvalue weighted by atomic mass is 79.9. The number of rotatable bonds is 7. The maximum absolute atomic E-state index is 14.0. The Balaban J connectivity index is 1.50. The summed E-state index contributed by atoms with van der Waals surface area (Å²) in [6.45, 7) is -0.426. The smallest absolute Gasteiger partial charge is 0.294 e. The predicted molar refractivity (Wildman–Crippen MR) is 140 cm³/mol. The largest absolute Gasteiger partial charge is 0.488 e. The summed E-state index contributed by atoms with van der Waals surface area (Å²) in [4.78, 5) is 38.9. The number of amides is 3. The Labute approximate surface area is 221 Å². The molecular weight excluding hydrogens is 603 g/mol. The summed E-state index contributed by atoms with van der Waals surface area (Å²) in [5, 5.41) is 2.13. The molecule has 6 nitrogen and oxygen atoms in total. The summed E-state index contributed by atoms with van der Waals surface area (Å²) in [5.41, 5.74) is 1.45. The molecule has 0 bridgehead atoms. The highest BCUT2D eigenvalue weighted by Gasteiger charge is 2.36. The van der Waals surface area contributed by atoms with Crippen LogP contribution in [0.3, 0.4) is 0 Å². The number of benzene rings is 3. The fourth-order valence-electron chi connectivity index (χ4n) is 3.21. The number of hydrogen-bond acceptors (Lipinski definition) is 5. The van der Waals surface area contributed by atoms with Crippen molar-refractivity contribution >= 4 is 72.4 Å². The molecule has 3 amide bonds. The maximum Gasteiger partial charge on any atom is 0.294 e. The van der Waals surface area contributed by atoms with Crippen LogP contribution in [0, 0.1) is 5.82 Å². The number of carbonyl (C=O) groups excluding carboxylic acids is 3. The molecular formula is C25H17Br2FN2O4S. The van der Waals surface area contributed by atoms with Crippen molar-refractivity contribution < 1.29 is 23.5 Å². The molecule has 1 saturated heterocycles. The van der Waals surface area contributed by atoms with Gasteiger partial charge in [0, 0.05) is 20.1 Å². The lowest BCUT2D eigenvalue weighted by atomic mass is 10.1. The van der Waals surface area contributed by atoms with E-state index in [1.54, 1.807) is 60.7 Å². The number of anilines is 1. The molecule has 1 aliphatic heterocycles. The minimum Gasteiger partial charge on any atom is -0.488 e. The van der Waals surface area contributed by atoms with E-state index in [9.17, 15) is 18.8 Å². The molecule has 1 heterocycles. The molecule has 0 unspecified atom stereocenters. The third-order valence-corrected chi connectivity index (χ3v) is 7.01. The maximum atomic E-state index is 14.0. The molecule has 0 aliphatic carbocycles. The summed E-state index contributed by atoms with van der Waals surface area (Å²) in [6, 6.07) is 18.5. The molecule has 1 N–H and O–H groups in total. The van der Waals surface area contributed by atoms with Gasteiger partial charge < -0.3 is 10.1 Å². The van der Waals surface area contributed by atoms with Crippen molar-refractivity contribution in [1.29, 1.82) is 0 Å². The monoisotopic (exact) mass is 618 g/mol. The van der Waals surface area contributed by atoms with Gasteiger partial charge in [0.05, 0.1) is 10.6 Å². The van der Waals surface area contributed by atoms with Gasteiger partial charge in [-0.1, -0.05) is 46.3 Å². The van der Waals surface area contributed by atoms with Crippen molar-refractivity contribution in [2.24, 2.45) is 0 Å². The van der Waals surface area contributed by atoms with E-state index in [2.05, 4.69) is 37.2 Å². The summed E-state index contributed by atoms with van der Waals surface area (Å²) in [5.74, 6) is -1.05. The lowest BCUT2D eigenvalue weighted by Crippen LogP contribution is -2.36. The number of para-hydroxylation sites is 1. The van der Waals surface area contributed by atoms with Gasteiger partial charge >= 0.3 is 0 Å². The van der Waals surface area contributed by atoms with Gasteiger partial charge in [0.2, 0.25) is 5.91 Å². The van der Waals surface area contributed by atoms with Crippen LogP contribution in [-0.4, -0.2) is 28.5 Å². The van der Waals surface area contributed by atoms with Crippen LogP contribution in [-0.2, 0) is 16.2 Å². The Bertz CT molecular complexity index is 1350. The molecule has 0 spiro atoms. The number of hydrogen-bond donors (Lipinski definition) is 1. The topological polar surface area (TPSA) is 75.7 Å². The third-order valence-electron chi connectivity index (χ3n) is 4.92. The molecule has 0 aromatic heterocycles. The zero-order valence-electron chi connectivity index (χ0n) is 18.0. The zero-order chi connectivity index (χ0) is 24.9. The number of halogens is 3. The molecule has 0 saturated carbocycles. The van der Waals surface area contributed by atoms with E-state index >= 15 is 0 Å². The Kier molecular flexibility index (Phi) is 8.04. The lowest BCUT2D eigenvalue weighted by molar-refractivity contribution is -0.127. The second kappa shape index (κ2) is 11.2. The summed E-state index contributed by atoms with van der Waals surface area (Å²) < 4.78 is 21.2. The molecule has 1 fully saturated rings. The quantitative estimate of drug-likeness (QED) is 0.301. The third kappa shape index (κ3) is 6.19. The summed E-state index contributed by atoms with van der Waals surface area (Å²) >= 11 is 7.47. The van der Waals surface area contributed by atoms with E-state index < -0.39 is 23.6 Å². The lowest BCUT2D eigenvalue weighted by Gasteiger charge is -2.13. The zero-order valence-corrected chi connectivity index (χ0v) is 22.0. The summed E-state index contributed by atoms with van der Waals surface area (Å²) in [6.07, 6.45) is 1.53. The van der Waals surface area contributed by atoms with E-state index in [-0.39, 0.29) is 17.3 Å². The normalized spacial score (nSPS) is 14.5.